The number of ether oxygens (including phenoxy) is 1. The minimum Gasteiger partial charge on any atom is -0.624 e. The Balaban J connectivity index is 2.34. The van der Waals surface area contributed by atoms with E-state index in [4.69, 9.17) is 4.74 Å². The lowest BCUT2D eigenvalue weighted by molar-refractivity contribution is -0.768. The molecule has 82 valence electrons. The van der Waals surface area contributed by atoms with Crippen molar-refractivity contribution < 1.29 is 14.6 Å². The van der Waals surface area contributed by atoms with Gasteiger partial charge in [-0.15, -0.1) is 0 Å². The number of carbonyl (C=O) groups is 1. The first-order valence-electron chi connectivity index (χ1n) is 4.98. The number of hydrogen-bond donors (Lipinski definition) is 1. The van der Waals surface area contributed by atoms with Crippen LogP contribution in [0.1, 0.15) is 18.9 Å². The second-order valence-corrected chi connectivity index (χ2v) is 3.23. The Labute approximate surface area is 89.0 Å². The zero-order chi connectivity index (χ0) is 11.1. The second-order valence-electron chi connectivity index (χ2n) is 3.23. The van der Waals surface area contributed by atoms with E-state index < -0.39 is 11.2 Å². The van der Waals surface area contributed by atoms with Crippen molar-refractivity contribution in [2.45, 2.75) is 20.0 Å². The van der Waals surface area contributed by atoms with Crippen LogP contribution in [0, 0.1) is 5.21 Å². The van der Waals surface area contributed by atoms with E-state index in [-0.39, 0.29) is 13.2 Å². The molecule has 15 heavy (non-hydrogen) atoms. The fourth-order valence-corrected chi connectivity index (χ4v) is 1.13. The molecule has 0 bridgehead atoms. The highest BCUT2D eigenvalue weighted by Crippen LogP contribution is 1.99. The summed E-state index contributed by atoms with van der Waals surface area (Å²) in [6.07, 6.45) is -0.0695. The van der Waals surface area contributed by atoms with Crippen molar-refractivity contribution in [3.05, 3.63) is 41.1 Å². The summed E-state index contributed by atoms with van der Waals surface area (Å²) in [5, 5.41) is 10.6. The second kappa shape index (κ2) is 6.16. The molecule has 0 aliphatic rings. The molecule has 1 atom stereocenters. The highest BCUT2D eigenvalue weighted by Gasteiger charge is 2.11. The fraction of sp³-hybridized carbons (Fsp3) is 0.364. The third kappa shape index (κ3) is 4.10. The van der Waals surface area contributed by atoms with E-state index in [1.807, 2.05) is 37.3 Å². The summed E-state index contributed by atoms with van der Waals surface area (Å²) in [5.41, 5.74) is 0.884. The van der Waals surface area contributed by atoms with E-state index in [0.29, 0.717) is 6.42 Å². The number of amides is 1. The molecule has 0 aromatic heterocycles. The summed E-state index contributed by atoms with van der Waals surface area (Å²) >= 11 is 0. The number of benzene rings is 1. The van der Waals surface area contributed by atoms with E-state index in [0.717, 1.165) is 5.56 Å². The van der Waals surface area contributed by atoms with Crippen LogP contribution in [0.4, 0.5) is 4.79 Å². The number of hydroxylamine groups is 2. The van der Waals surface area contributed by atoms with Crippen molar-refractivity contribution in [3.63, 3.8) is 0 Å². The smallest absolute Gasteiger partial charge is 0.514 e. The summed E-state index contributed by atoms with van der Waals surface area (Å²) in [6, 6.07) is 9.29. The number of carbonyl (C=O) groups excluding carboxylic acids is 1. The number of nitrogens with one attached hydrogen (secondary N) is 1. The lowest BCUT2D eigenvalue weighted by Crippen LogP contribution is -3.10. The van der Waals surface area contributed by atoms with Gasteiger partial charge in [0.25, 0.3) is 0 Å². The third-order valence-corrected chi connectivity index (χ3v) is 1.92. The molecule has 0 saturated heterocycles. The average Bonchev–Trinajstić information content (AvgIpc) is 2.27. The molecule has 4 heteroatoms. The van der Waals surface area contributed by atoms with E-state index in [1.165, 1.54) is 0 Å². The Bertz CT molecular complexity index is 300. The molecule has 1 aromatic carbocycles. The van der Waals surface area contributed by atoms with Crippen molar-refractivity contribution in [3.8, 4) is 0 Å². The van der Waals surface area contributed by atoms with E-state index >= 15 is 0 Å². The first kappa shape index (κ1) is 11.7. The number of rotatable bonds is 4. The van der Waals surface area contributed by atoms with Gasteiger partial charge >= 0.3 is 6.09 Å². The molecule has 1 N–H and O–H groups in total. The molecule has 0 aliphatic heterocycles. The Morgan fingerprint density at radius 1 is 1.40 bits per heavy atom. The van der Waals surface area contributed by atoms with Gasteiger partial charge in [0.05, 0.1) is 6.54 Å². The maximum atomic E-state index is 11.1. The van der Waals surface area contributed by atoms with Crippen LogP contribution >= 0.6 is 0 Å². The highest BCUT2D eigenvalue weighted by molar-refractivity contribution is 5.57. The zero-order valence-electron chi connectivity index (χ0n) is 8.73. The SMILES string of the molecule is CCC[NH+]([O-])C(=O)OCc1ccccc1. The Morgan fingerprint density at radius 3 is 2.67 bits per heavy atom. The summed E-state index contributed by atoms with van der Waals surface area (Å²) in [6.45, 7) is 2.27. The fourth-order valence-electron chi connectivity index (χ4n) is 1.13. The van der Waals surface area contributed by atoms with E-state index in [1.54, 1.807) is 0 Å². The van der Waals surface area contributed by atoms with Crippen LogP contribution in [-0.4, -0.2) is 12.6 Å². The van der Waals surface area contributed by atoms with Crippen molar-refractivity contribution in [2.24, 2.45) is 0 Å². The third-order valence-electron chi connectivity index (χ3n) is 1.92. The van der Waals surface area contributed by atoms with Crippen LogP contribution in [-0.2, 0) is 11.3 Å². The van der Waals surface area contributed by atoms with Gasteiger partial charge in [0, 0.05) is 0 Å². The lowest BCUT2D eigenvalue weighted by atomic mass is 10.2. The molecule has 1 rings (SSSR count). The van der Waals surface area contributed by atoms with Crippen LogP contribution in [0.2, 0.25) is 0 Å². The molecule has 0 saturated carbocycles. The summed E-state index contributed by atoms with van der Waals surface area (Å²) in [4.78, 5) is 11.1. The number of alkyl carbamates (subject to hydrolysis) is 1. The van der Waals surface area contributed by atoms with Gasteiger partial charge in [-0.05, 0) is 12.0 Å². The normalized spacial score (nSPS) is 12.1. The summed E-state index contributed by atoms with van der Waals surface area (Å²) < 4.78 is 4.85. The number of hydrogen-bond acceptors (Lipinski definition) is 3. The zero-order valence-corrected chi connectivity index (χ0v) is 8.73. The molecule has 0 spiro atoms. The summed E-state index contributed by atoms with van der Waals surface area (Å²) in [5.74, 6) is 0. The van der Waals surface area contributed by atoms with Crippen LogP contribution in [0.5, 0.6) is 0 Å². The molecular weight excluding hydrogens is 194 g/mol. The molecule has 1 amide bonds. The highest BCUT2D eigenvalue weighted by atomic mass is 16.6. The maximum absolute atomic E-state index is 11.1. The van der Waals surface area contributed by atoms with Crippen LogP contribution < -0.4 is 5.06 Å². The predicted molar refractivity (Wildman–Crippen MR) is 56.1 cm³/mol. The van der Waals surface area contributed by atoms with Gasteiger partial charge in [0.15, 0.2) is 0 Å². The maximum Gasteiger partial charge on any atom is 0.514 e. The molecule has 1 aromatic rings. The molecule has 1 unspecified atom stereocenters. The summed E-state index contributed by atoms with van der Waals surface area (Å²) in [7, 11) is 0. The Morgan fingerprint density at radius 2 is 2.07 bits per heavy atom. The monoisotopic (exact) mass is 209 g/mol. The van der Waals surface area contributed by atoms with Crippen molar-refractivity contribution in [1.29, 1.82) is 0 Å². The minimum atomic E-state index is -0.735. The van der Waals surface area contributed by atoms with Crippen LogP contribution in [0.25, 0.3) is 0 Å². The lowest BCUT2D eigenvalue weighted by Gasteiger charge is -2.17. The van der Waals surface area contributed by atoms with Crippen LogP contribution in [0.3, 0.4) is 0 Å². The Kier molecular flexibility index (Phi) is 4.80. The number of quaternary nitrogens is 1. The Hall–Kier alpha value is -1.39. The van der Waals surface area contributed by atoms with E-state index in [2.05, 4.69) is 0 Å². The molecular formula is C11H15NO3. The van der Waals surface area contributed by atoms with Gasteiger partial charge in [0.1, 0.15) is 6.61 Å². The van der Waals surface area contributed by atoms with Crippen molar-refractivity contribution >= 4 is 6.09 Å². The quantitative estimate of drug-likeness (QED) is 0.756. The van der Waals surface area contributed by atoms with Gasteiger partial charge in [-0.1, -0.05) is 37.3 Å². The van der Waals surface area contributed by atoms with Gasteiger partial charge in [-0.2, -0.15) is 4.79 Å². The predicted octanol–water partition coefficient (Wildman–Crippen LogP) is 1.12. The van der Waals surface area contributed by atoms with Gasteiger partial charge < -0.3 is 9.94 Å². The molecule has 0 fully saturated rings. The van der Waals surface area contributed by atoms with Crippen molar-refractivity contribution in [1.82, 2.24) is 0 Å². The van der Waals surface area contributed by atoms with E-state index in [9.17, 15) is 10.0 Å². The first-order chi connectivity index (χ1) is 7.24. The van der Waals surface area contributed by atoms with Gasteiger partial charge in [-0.3, -0.25) is 5.06 Å². The molecule has 0 aliphatic carbocycles. The van der Waals surface area contributed by atoms with Crippen molar-refractivity contribution in [2.75, 3.05) is 6.54 Å². The first-order valence-corrected chi connectivity index (χ1v) is 4.98. The van der Waals surface area contributed by atoms with Gasteiger partial charge in [0.2, 0.25) is 0 Å². The van der Waals surface area contributed by atoms with Gasteiger partial charge in [-0.25, -0.2) is 0 Å². The van der Waals surface area contributed by atoms with Crippen LogP contribution in [0.15, 0.2) is 30.3 Å². The topological polar surface area (TPSA) is 53.8 Å². The average molecular weight is 209 g/mol. The molecule has 4 nitrogen and oxygen atoms in total. The molecule has 0 radical (unpaired) electrons. The minimum absolute atomic E-state index is 0.162. The largest absolute Gasteiger partial charge is 0.624 e. The molecule has 0 heterocycles. The standard InChI is InChI=1S/C11H15NO3/c1-2-8-12(14)11(13)15-9-10-6-4-3-5-7-10/h3-7,12H,2,8-9H2,1H3.